The normalized spacial score (nSPS) is 21.8. The maximum atomic E-state index is 13.3. The van der Waals surface area contributed by atoms with Crippen LogP contribution in [0.1, 0.15) is 19.3 Å². The highest BCUT2D eigenvalue weighted by molar-refractivity contribution is 6.35. The minimum absolute atomic E-state index is 0.200. The van der Waals surface area contributed by atoms with Crippen LogP contribution in [-0.2, 0) is 9.59 Å². The van der Waals surface area contributed by atoms with Crippen LogP contribution in [0.5, 0.6) is 0 Å². The SMILES string of the molecule is O=C(O)[C@H]1CCC[C@H]1C(=O)Nc1cc(Cl)c(F)c(Cl)c1. The molecule has 2 atom stereocenters. The van der Waals surface area contributed by atoms with E-state index in [9.17, 15) is 14.0 Å². The fourth-order valence-corrected chi connectivity index (χ4v) is 2.92. The van der Waals surface area contributed by atoms with Crippen molar-refractivity contribution in [3.8, 4) is 0 Å². The molecule has 7 heteroatoms. The van der Waals surface area contributed by atoms with Gasteiger partial charge in [0.1, 0.15) is 0 Å². The summed E-state index contributed by atoms with van der Waals surface area (Å²) in [5.74, 6) is -3.40. The number of aliphatic carboxylic acids is 1. The molecule has 1 saturated carbocycles. The summed E-state index contributed by atoms with van der Waals surface area (Å²) in [6, 6.07) is 2.48. The monoisotopic (exact) mass is 319 g/mol. The van der Waals surface area contributed by atoms with Crippen molar-refractivity contribution in [3.63, 3.8) is 0 Å². The Bertz CT molecular complexity index is 542. The molecule has 0 aromatic heterocycles. The van der Waals surface area contributed by atoms with Crippen LogP contribution >= 0.6 is 23.2 Å². The summed E-state index contributed by atoms with van der Waals surface area (Å²) in [7, 11) is 0. The minimum Gasteiger partial charge on any atom is -0.481 e. The van der Waals surface area contributed by atoms with Crippen LogP contribution in [0.3, 0.4) is 0 Å². The first-order valence-corrected chi connectivity index (χ1v) is 6.84. The van der Waals surface area contributed by atoms with Gasteiger partial charge in [0.15, 0.2) is 5.82 Å². The summed E-state index contributed by atoms with van der Waals surface area (Å²) < 4.78 is 13.3. The molecule has 0 radical (unpaired) electrons. The molecule has 20 heavy (non-hydrogen) atoms. The summed E-state index contributed by atoms with van der Waals surface area (Å²) in [6.07, 6.45) is 1.70. The number of carbonyl (C=O) groups is 2. The number of halogens is 3. The number of anilines is 1. The van der Waals surface area contributed by atoms with E-state index < -0.39 is 29.5 Å². The number of carboxylic acids is 1. The third-order valence-corrected chi connectivity index (χ3v) is 3.97. The Morgan fingerprint density at radius 2 is 1.75 bits per heavy atom. The summed E-state index contributed by atoms with van der Waals surface area (Å²) >= 11 is 11.3. The van der Waals surface area contributed by atoms with Crippen molar-refractivity contribution in [1.82, 2.24) is 0 Å². The Hall–Kier alpha value is -1.33. The fourth-order valence-electron chi connectivity index (χ4n) is 2.43. The van der Waals surface area contributed by atoms with Gasteiger partial charge in [-0.15, -0.1) is 0 Å². The molecule has 1 aliphatic rings. The van der Waals surface area contributed by atoms with Crippen molar-refractivity contribution < 1.29 is 19.1 Å². The zero-order valence-electron chi connectivity index (χ0n) is 10.3. The molecule has 108 valence electrons. The van der Waals surface area contributed by atoms with Gasteiger partial charge in [0, 0.05) is 5.69 Å². The highest BCUT2D eigenvalue weighted by Crippen LogP contribution is 2.34. The van der Waals surface area contributed by atoms with Gasteiger partial charge in [-0.05, 0) is 25.0 Å². The van der Waals surface area contributed by atoms with Gasteiger partial charge in [0.05, 0.1) is 21.9 Å². The number of hydrogen-bond donors (Lipinski definition) is 2. The fraction of sp³-hybridized carbons (Fsp3) is 0.385. The first-order chi connectivity index (χ1) is 9.40. The predicted octanol–water partition coefficient (Wildman–Crippen LogP) is 3.57. The van der Waals surface area contributed by atoms with Gasteiger partial charge < -0.3 is 10.4 Å². The third-order valence-electron chi connectivity index (χ3n) is 3.42. The van der Waals surface area contributed by atoms with Crippen molar-refractivity contribution in [2.45, 2.75) is 19.3 Å². The zero-order valence-corrected chi connectivity index (χ0v) is 11.8. The first-order valence-electron chi connectivity index (χ1n) is 6.08. The van der Waals surface area contributed by atoms with E-state index in [2.05, 4.69) is 5.32 Å². The number of benzene rings is 1. The number of carbonyl (C=O) groups excluding carboxylic acids is 1. The van der Waals surface area contributed by atoms with Crippen LogP contribution < -0.4 is 5.32 Å². The van der Waals surface area contributed by atoms with Gasteiger partial charge in [-0.1, -0.05) is 29.6 Å². The van der Waals surface area contributed by atoms with Crippen LogP contribution in [0.25, 0.3) is 0 Å². The second kappa shape index (κ2) is 5.97. The van der Waals surface area contributed by atoms with Gasteiger partial charge in [-0.2, -0.15) is 0 Å². The molecule has 0 aliphatic heterocycles. The number of amides is 1. The Balaban J connectivity index is 2.14. The van der Waals surface area contributed by atoms with E-state index in [1.165, 1.54) is 12.1 Å². The molecule has 1 fully saturated rings. The summed E-state index contributed by atoms with van der Waals surface area (Å²) in [5.41, 5.74) is 0.252. The van der Waals surface area contributed by atoms with Crippen LogP contribution in [0, 0.1) is 17.7 Å². The van der Waals surface area contributed by atoms with Crippen LogP contribution in [0.4, 0.5) is 10.1 Å². The van der Waals surface area contributed by atoms with Crippen molar-refractivity contribution in [2.24, 2.45) is 11.8 Å². The van der Waals surface area contributed by atoms with E-state index in [0.29, 0.717) is 19.3 Å². The minimum atomic E-state index is -0.974. The largest absolute Gasteiger partial charge is 0.481 e. The third kappa shape index (κ3) is 3.04. The molecule has 2 N–H and O–H groups in total. The van der Waals surface area contributed by atoms with Crippen molar-refractivity contribution in [2.75, 3.05) is 5.32 Å². The Labute approximate surface area is 124 Å². The maximum Gasteiger partial charge on any atom is 0.307 e. The van der Waals surface area contributed by atoms with Gasteiger partial charge in [-0.3, -0.25) is 9.59 Å². The van der Waals surface area contributed by atoms with E-state index >= 15 is 0 Å². The van der Waals surface area contributed by atoms with Gasteiger partial charge in [0.25, 0.3) is 0 Å². The molecule has 1 aromatic carbocycles. The molecule has 2 rings (SSSR count). The molecule has 0 bridgehead atoms. The predicted molar refractivity (Wildman–Crippen MR) is 73.5 cm³/mol. The lowest BCUT2D eigenvalue weighted by atomic mass is 9.95. The highest BCUT2D eigenvalue weighted by Gasteiger charge is 2.37. The van der Waals surface area contributed by atoms with Gasteiger partial charge in [-0.25, -0.2) is 4.39 Å². The number of hydrogen-bond acceptors (Lipinski definition) is 2. The van der Waals surface area contributed by atoms with Crippen LogP contribution in [-0.4, -0.2) is 17.0 Å². The van der Waals surface area contributed by atoms with Crippen LogP contribution in [0.15, 0.2) is 12.1 Å². The smallest absolute Gasteiger partial charge is 0.307 e. The molecule has 0 heterocycles. The highest BCUT2D eigenvalue weighted by atomic mass is 35.5. The van der Waals surface area contributed by atoms with Gasteiger partial charge >= 0.3 is 5.97 Å². The van der Waals surface area contributed by atoms with E-state index in [4.69, 9.17) is 28.3 Å². The summed E-state index contributed by atoms with van der Waals surface area (Å²) in [5, 5.41) is 11.2. The first kappa shape index (κ1) is 15.1. The van der Waals surface area contributed by atoms with E-state index in [0.717, 1.165) is 0 Å². The number of carboxylic acid groups (broad SMARTS) is 1. The second-order valence-electron chi connectivity index (χ2n) is 4.73. The van der Waals surface area contributed by atoms with E-state index in [-0.39, 0.29) is 15.7 Å². The van der Waals surface area contributed by atoms with Gasteiger partial charge in [0.2, 0.25) is 5.91 Å². The molecule has 0 saturated heterocycles. The molecule has 4 nitrogen and oxygen atoms in total. The average molecular weight is 320 g/mol. The second-order valence-corrected chi connectivity index (χ2v) is 5.54. The van der Waals surface area contributed by atoms with E-state index in [1.54, 1.807) is 0 Å². The number of rotatable bonds is 3. The molecule has 1 aromatic rings. The zero-order chi connectivity index (χ0) is 14.9. The molecule has 1 amide bonds. The lowest BCUT2D eigenvalue weighted by Crippen LogP contribution is -2.30. The quantitative estimate of drug-likeness (QED) is 0.837. The molecule has 0 spiro atoms. The van der Waals surface area contributed by atoms with Crippen molar-refractivity contribution >= 4 is 40.8 Å². The van der Waals surface area contributed by atoms with Crippen molar-refractivity contribution in [1.29, 1.82) is 0 Å². The number of nitrogens with one attached hydrogen (secondary N) is 1. The maximum absolute atomic E-state index is 13.3. The standard InChI is InChI=1S/C13H12Cl2FNO3/c14-9-4-6(5-10(15)11(9)16)17-12(18)7-2-1-3-8(7)13(19)20/h4-5,7-8H,1-3H2,(H,17,18)(H,19,20)/t7-,8+/m1/s1. The Morgan fingerprint density at radius 3 is 2.30 bits per heavy atom. The van der Waals surface area contributed by atoms with E-state index in [1.807, 2.05) is 0 Å². The average Bonchev–Trinajstić information content (AvgIpc) is 2.85. The van der Waals surface area contributed by atoms with Crippen LogP contribution in [0.2, 0.25) is 10.0 Å². The Morgan fingerprint density at radius 1 is 1.20 bits per heavy atom. The van der Waals surface area contributed by atoms with Crippen molar-refractivity contribution in [3.05, 3.63) is 28.0 Å². The molecule has 0 unspecified atom stereocenters. The molecular weight excluding hydrogens is 308 g/mol. The lowest BCUT2D eigenvalue weighted by Gasteiger charge is -2.16. The topological polar surface area (TPSA) is 66.4 Å². The molecule has 1 aliphatic carbocycles. The Kier molecular flexibility index (Phi) is 4.50. The lowest BCUT2D eigenvalue weighted by molar-refractivity contribution is -0.145. The molecular formula is C13H12Cl2FNO3. The summed E-state index contributed by atoms with van der Waals surface area (Å²) in [4.78, 5) is 23.1. The summed E-state index contributed by atoms with van der Waals surface area (Å²) in [6.45, 7) is 0.